The van der Waals surface area contributed by atoms with Crippen LogP contribution in [-0.2, 0) is 33.0 Å². The minimum Gasteiger partial charge on any atom is -0.486 e. The number of pyridine rings is 2. The van der Waals surface area contributed by atoms with Gasteiger partial charge in [-0.25, -0.2) is 4.98 Å². The summed E-state index contributed by atoms with van der Waals surface area (Å²) in [5, 5.41) is 1.48. The van der Waals surface area contributed by atoms with Gasteiger partial charge in [0, 0.05) is 50.8 Å². The van der Waals surface area contributed by atoms with Crippen molar-refractivity contribution in [3.05, 3.63) is 120 Å². The molecule has 5 nitrogen and oxygen atoms in total. The normalized spacial score (nSPS) is 14.6. The molecule has 0 amide bonds. The second-order valence-corrected chi connectivity index (χ2v) is 11.5. The van der Waals surface area contributed by atoms with Gasteiger partial charge in [-0.3, -0.25) is 4.98 Å². The minimum absolute atomic E-state index is 0. The van der Waals surface area contributed by atoms with Crippen LogP contribution in [0.15, 0.2) is 95.6 Å². The Morgan fingerprint density at radius 3 is 2.70 bits per heavy atom. The van der Waals surface area contributed by atoms with Crippen LogP contribution in [0.1, 0.15) is 44.4 Å². The molecule has 0 saturated carbocycles. The fraction of sp³-hybridized carbons (Fsp3) is 0.184. The molecular weight excluding hydrogens is 721 g/mol. The van der Waals surface area contributed by atoms with Crippen molar-refractivity contribution in [2.75, 3.05) is 0 Å². The van der Waals surface area contributed by atoms with Crippen LogP contribution in [0, 0.1) is 24.4 Å². The van der Waals surface area contributed by atoms with E-state index in [9.17, 15) is 0 Å². The Kier molecular flexibility index (Phi) is 6.52. The zero-order chi connectivity index (χ0) is 33.8. The topological polar surface area (TPSA) is 56.7 Å². The van der Waals surface area contributed by atoms with Crippen LogP contribution in [0.4, 0.5) is 0 Å². The molecule has 44 heavy (non-hydrogen) atoms. The van der Waals surface area contributed by atoms with Crippen molar-refractivity contribution in [2.24, 2.45) is 5.41 Å². The minimum atomic E-state index is -2.32. The summed E-state index contributed by atoms with van der Waals surface area (Å²) in [5.41, 5.74) is 6.30. The first-order valence-electron chi connectivity index (χ1n) is 16.7. The maximum absolute atomic E-state index is 8.55. The monoisotopic (exact) mass is 758 g/mol. The smallest absolute Gasteiger partial charge is 0.216 e. The molecule has 0 N–H and O–H groups in total. The first-order valence-corrected chi connectivity index (χ1v) is 14.2. The quantitative estimate of drug-likeness (QED) is 0.169. The van der Waals surface area contributed by atoms with E-state index in [1.807, 2.05) is 45.0 Å². The Morgan fingerprint density at radius 2 is 1.89 bits per heavy atom. The molecule has 8 rings (SSSR count). The van der Waals surface area contributed by atoms with Gasteiger partial charge < -0.3 is 14.0 Å². The van der Waals surface area contributed by atoms with Gasteiger partial charge in [-0.2, -0.15) is 0 Å². The number of furan rings is 1. The Labute approximate surface area is 278 Å². The molecule has 0 bridgehead atoms. The van der Waals surface area contributed by atoms with Crippen LogP contribution >= 0.6 is 0 Å². The summed E-state index contributed by atoms with van der Waals surface area (Å²) in [7, 11) is 0. The predicted octanol–water partition coefficient (Wildman–Crippen LogP) is 9.27. The van der Waals surface area contributed by atoms with Crippen molar-refractivity contribution in [1.82, 2.24) is 19.5 Å². The van der Waals surface area contributed by atoms with Crippen LogP contribution in [0.2, 0.25) is 0 Å². The summed E-state index contributed by atoms with van der Waals surface area (Å²) < 4.78 is 48.0. The van der Waals surface area contributed by atoms with Gasteiger partial charge in [-0.05, 0) is 54.2 Å². The van der Waals surface area contributed by atoms with E-state index in [-0.39, 0.29) is 31.5 Å². The Hall–Kier alpha value is -4.38. The Bertz CT molecular complexity index is 2340. The van der Waals surface area contributed by atoms with Gasteiger partial charge in [-0.1, -0.05) is 67.6 Å². The average molecular weight is 758 g/mol. The largest absolute Gasteiger partial charge is 0.486 e. The number of aromatic nitrogens is 4. The molecule has 0 unspecified atom stereocenters. The van der Waals surface area contributed by atoms with E-state index >= 15 is 0 Å². The van der Waals surface area contributed by atoms with Crippen molar-refractivity contribution in [3.8, 4) is 22.6 Å². The third-order valence-corrected chi connectivity index (χ3v) is 7.17. The number of rotatable bonds is 3. The SMILES string of the molecule is [2H]C([2H])([2H])c1ccc2c(n1)oc1c(-c3cc(C([2H])([2H])C(C)(C)C)ccn3)[c-]ccc12.[Ir].[c-]1ccccc1-c1nc2cccc3c2n1CC=C3. The number of aryl methyl sites for hydroxylation is 1. The molecule has 0 saturated heterocycles. The zero-order valence-electron chi connectivity index (χ0n) is 29.5. The van der Waals surface area contributed by atoms with Gasteiger partial charge in [0.2, 0.25) is 5.71 Å². The van der Waals surface area contributed by atoms with Gasteiger partial charge >= 0.3 is 0 Å². The van der Waals surface area contributed by atoms with Crippen molar-refractivity contribution in [1.29, 1.82) is 0 Å². The van der Waals surface area contributed by atoms with Crippen LogP contribution in [0.5, 0.6) is 0 Å². The molecule has 1 radical (unpaired) electrons. The Morgan fingerprint density at radius 1 is 0.977 bits per heavy atom. The first-order chi connectivity index (χ1) is 22.8. The van der Waals surface area contributed by atoms with Crippen molar-refractivity contribution in [2.45, 2.75) is 40.5 Å². The van der Waals surface area contributed by atoms with E-state index < -0.39 is 18.6 Å². The van der Waals surface area contributed by atoms with Crippen LogP contribution in [-0.4, -0.2) is 19.5 Å². The molecule has 3 aromatic carbocycles. The summed E-state index contributed by atoms with van der Waals surface area (Å²) in [4.78, 5) is 13.3. The molecule has 1 aliphatic heterocycles. The first kappa shape index (κ1) is 24.0. The van der Waals surface area contributed by atoms with Gasteiger partial charge in [0.15, 0.2) is 0 Å². The van der Waals surface area contributed by atoms with Crippen molar-refractivity contribution in [3.63, 3.8) is 0 Å². The van der Waals surface area contributed by atoms with Gasteiger partial charge in [0.1, 0.15) is 0 Å². The molecule has 0 fully saturated rings. The molecule has 0 spiro atoms. The third kappa shape index (κ3) is 5.76. The second kappa shape index (κ2) is 12.0. The van der Waals surface area contributed by atoms with E-state index in [4.69, 9.17) is 16.3 Å². The van der Waals surface area contributed by atoms with Gasteiger partial charge in [0.05, 0.1) is 22.4 Å². The van der Waals surface area contributed by atoms with E-state index in [0.29, 0.717) is 27.8 Å². The van der Waals surface area contributed by atoms with E-state index in [0.717, 1.165) is 28.8 Å². The average Bonchev–Trinajstić information content (AvgIpc) is 3.64. The summed E-state index contributed by atoms with van der Waals surface area (Å²) in [5.74, 6) is 1.00. The van der Waals surface area contributed by atoms with Gasteiger partial charge in [0.25, 0.3) is 0 Å². The molecular formula is C38H32IrN4O-2. The van der Waals surface area contributed by atoms with Crippen molar-refractivity contribution < 1.29 is 31.4 Å². The van der Waals surface area contributed by atoms with E-state index in [1.165, 1.54) is 17.1 Å². The van der Waals surface area contributed by atoms with E-state index in [1.54, 1.807) is 30.5 Å². The van der Waals surface area contributed by atoms with Crippen LogP contribution in [0.3, 0.4) is 0 Å². The molecule has 6 heteroatoms. The number of allylic oxidation sites excluding steroid dienone is 1. The molecule has 0 aliphatic carbocycles. The zero-order valence-corrected chi connectivity index (χ0v) is 26.9. The molecule has 4 aromatic heterocycles. The summed E-state index contributed by atoms with van der Waals surface area (Å²) >= 11 is 0. The number of para-hydroxylation sites is 1. The number of imidazole rings is 1. The second-order valence-electron chi connectivity index (χ2n) is 11.5. The molecule has 7 aromatic rings. The molecule has 5 heterocycles. The number of benzene rings is 3. The van der Waals surface area contributed by atoms with Gasteiger partial charge in [-0.15, -0.1) is 54.1 Å². The fourth-order valence-corrected chi connectivity index (χ4v) is 5.44. The number of hydrogen-bond acceptors (Lipinski definition) is 4. The number of fused-ring (bicyclic) bond motifs is 3. The maximum atomic E-state index is 8.55. The molecule has 221 valence electrons. The molecule has 1 aliphatic rings. The van der Waals surface area contributed by atoms with Crippen LogP contribution < -0.4 is 0 Å². The maximum Gasteiger partial charge on any atom is 0.216 e. The number of nitrogens with zero attached hydrogens (tertiary/aromatic N) is 4. The van der Waals surface area contributed by atoms with Crippen molar-refractivity contribution >= 4 is 39.2 Å². The summed E-state index contributed by atoms with van der Waals surface area (Å²) in [6.45, 7) is 4.12. The van der Waals surface area contributed by atoms with E-state index in [2.05, 4.69) is 63.1 Å². The third-order valence-electron chi connectivity index (χ3n) is 7.17. The predicted molar refractivity (Wildman–Crippen MR) is 175 cm³/mol. The summed E-state index contributed by atoms with van der Waals surface area (Å²) in [6, 6.07) is 30.8. The Balaban J connectivity index is 0.000000186. The van der Waals surface area contributed by atoms with Crippen LogP contribution in [0.25, 0.3) is 61.8 Å². The standard InChI is InChI=1S/C22H21N2O.C16H11N2.Ir/c1-14-8-9-17-16-6-5-7-18(20(16)25-21(17)24-14)19-12-15(10-11-23-19)13-22(2,3)4;1-2-6-13(7-3-1)16-17-14-10-4-8-12-9-5-11-18(16)15(12)14;/h5-6,8-12H,13H2,1-4H3;1-6,8-10H,11H2;/q2*-1;/i1D3,13D2;;. The molecule has 0 atom stereocenters. The number of hydrogen-bond donors (Lipinski definition) is 0. The fourth-order valence-electron chi connectivity index (χ4n) is 5.44. The summed E-state index contributed by atoms with van der Waals surface area (Å²) in [6.07, 6.45) is 4.36.